The number of hydrogen-bond acceptors (Lipinski definition) is 2. The predicted molar refractivity (Wildman–Crippen MR) is 49.4 cm³/mol. The molecule has 0 bridgehead atoms. The first kappa shape index (κ1) is 8.00. The molecule has 1 aromatic rings. The number of aryl methyl sites for hydroxylation is 2. The Balaban J connectivity index is 2.43. The topological polar surface area (TPSA) is 30.0 Å². The highest BCUT2D eigenvalue weighted by Crippen LogP contribution is 2.19. The van der Waals surface area contributed by atoms with Gasteiger partial charge in [0.25, 0.3) is 5.78 Å². The highest BCUT2D eigenvalue weighted by Gasteiger charge is 2.14. The number of aromatic nitrogens is 1. The van der Waals surface area contributed by atoms with Gasteiger partial charge in [-0.15, -0.1) is 6.42 Å². The molecular weight excluding hydrogens is 162 g/mol. The largest absolute Gasteiger partial charge is 0.277 e. The van der Waals surface area contributed by atoms with Crippen LogP contribution in [0.5, 0.6) is 0 Å². The molecule has 64 valence electrons. The van der Waals surface area contributed by atoms with Gasteiger partial charge >= 0.3 is 0 Å². The Kier molecular flexibility index (Phi) is 1.86. The highest BCUT2D eigenvalue weighted by atomic mass is 16.1. The first-order chi connectivity index (χ1) is 6.31. The fourth-order valence-electron chi connectivity index (χ4n) is 1.62. The summed E-state index contributed by atoms with van der Waals surface area (Å²) in [7, 11) is 0. The molecule has 0 radical (unpaired) electrons. The summed E-state index contributed by atoms with van der Waals surface area (Å²) in [6.07, 6.45) is 8.19. The van der Waals surface area contributed by atoms with Crippen molar-refractivity contribution in [1.29, 1.82) is 0 Å². The zero-order valence-corrected chi connectivity index (χ0v) is 7.21. The molecule has 0 saturated carbocycles. The van der Waals surface area contributed by atoms with E-state index >= 15 is 0 Å². The van der Waals surface area contributed by atoms with E-state index in [0.717, 1.165) is 25.0 Å². The molecule has 0 aliphatic heterocycles. The average Bonchev–Trinajstić information content (AvgIpc) is 2.63. The Morgan fingerprint density at radius 2 is 2.31 bits per heavy atom. The molecule has 0 spiro atoms. The normalized spacial score (nSPS) is 13.5. The Labute approximate surface area is 77.0 Å². The van der Waals surface area contributed by atoms with Crippen molar-refractivity contribution in [3.05, 3.63) is 29.1 Å². The SMILES string of the molecule is C#CC(=O)c1ccc2c(n1)CCC2. The van der Waals surface area contributed by atoms with E-state index in [1.54, 1.807) is 6.07 Å². The summed E-state index contributed by atoms with van der Waals surface area (Å²) in [6, 6.07) is 3.67. The molecule has 2 rings (SSSR count). The van der Waals surface area contributed by atoms with E-state index in [0.29, 0.717) is 5.69 Å². The lowest BCUT2D eigenvalue weighted by Gasteiger charge is -1.98. The van der Waals surface area contributed by atoms with Gasteiger partial charge in [0.15, 0.2) is 0 Å². The van der Waals surface area contributed by atoms with Gasteiger partial charge in [-0.25, -0.2) is 4.98 Å². The Morgan fingerprint density at radius 3 is 3.08 bits per heavy atom. The summed E-state index contributed by atoms with van der Waals surface area (Å²) in [5.41, 5.74) is 2.71. The molecule has 0 fully saturated rings. The number of hydrogen-bond donors (Lipinski definition) is 0. The smallest absolute Gasteiger partial charge is 0.253 e. The van der Waals surface area contributed by atoms with Gasteiger partial charge in [0.1, 0.15) is 5.69 Å². The number of pyridine rings is 1. The summed E-state index contributed by atoms with van der Waals surface area (Å²) in [5.74, 6) is 1.75. The van der Waals surface area contributed by atoms with Crippen LogP contribution in [0.25, 0.3) is 0 Å². The molecule has 2 heteroatoms. The number of carbonyl (C=O) groups excluding carboxylic acids is 1. The van der Waals surface area contributed by atoms with Gasteiger partial charge in [-0.2, -0.15) is 0 Å². The minimum atomic E-state index is -0.324. The van der Waals surface area contributed by atoms with Crippen LogP contribution in [-0.2, 0) is 12.8 Å². The van der Waals surface area contributed by atoms with Gasteiger partial charge in [0.05, 0.1) is 0 Å². The van der Waals surface area contributed by atoms with Crippen molar-refractivity contribution < 1.29 is 4.79 Å². The first-order valence-electron chi connectivity index (χ1n) is 4.31. The van der Waals surface area contributed by atoms with Crippen LogP contribution >= 0.6 is 0 Å². The summed E-state index contributed by atoms with van der Waals surface area (Å²) < 4.78 is 0. The number of nitrogens with zero attached hydrogens (tertiary/aromatic N) is 1. The van der Waals surface area contributed by atoms with Gasteiger partial charge in [-0.1, -0.05) is 6.07 Å². The van der Waals surface area contributed by atoms with Crippen molar-refractivity contribution in [1.82, 2.24) is 4.98 Å². The number of terminal acetylenes is 1. The summed E-state index contributed by atoms with van der Waals surface area (Å²) in [5, 5.41) is 0. The number of Topliss-reactive ketones (excluding diaryl/α,β-unsaturated/α-hetero) is 1. The molecule has 0 aromatic carbocycles. The molecule has 0 amide bonds. The maximum absolute atomic E-state index is 11.1. The third-order valence-electron chi connectivity index (χ3n) is 2.29. The lowest BCUT2D eigenvalue weighted by atomic mass is 10.2. The fourth-order valence-corrected chi connectivity index (χ4v) is 1.62. The Morgan fingerprint density at radius 1 is 1.46 bits per heavy atom. The van der Waals surface area contributed by atoms with E-state index in [2.05, 4.69) is 10.9 Å². The van der Waals surface area contributed by atoms with E-state index in [-0.39, 0.29) is 5.78 Å². The molecule has 1 aliphatic rings. The van der Waals surface area contributed by atoms with Crippen LogP contribution < -0.4 is 0 Å². The van der Waals surface area contributed by atoms with Crippen LogP contribution in [0.15, 0.2) is 12.1 Å². The molecule has 1 heterocycles. The van der Waals surface area contributed by atoms with Crippen LogP contribution in [0.4, 0.5) is 0 Å². The predicted octanol–water partition coefficient (Wildman–Crippen LogP) is 1.39. The molecule has 0 N–H and O–H groups in total. The van der Waals surface area contributed by atoms with Crippen LogP contribution in [0.1, 0.15) is 28.2 Å². The van der Waals surface area contributed by atoms with Crippen molar-refractivity contribution in [2.75, 3.05) is 0 Å². The van der Waals surface area contributed by atoms with Crippen molar-refractivity contribution in [2.45, 2.75) is 19.3 Å². The molecule has 2 nitrogen and oxygen atoms in total. The maximum atomic E-state index is 11.1. The molecule has 0 unspecified atom stereocenters. The summed E-state index contributed by atoms with van der Waals surface area (Å²) >= 11 is 0. The number of carbonyl (C=O) groups is 1. The molecule has 0 saturated heterocycles. The van der Waals surface area contributed by atoms with Crippen molar-refractivity contribution in [3.63, 3.8) is 0 Å². The lowest BCUT2D eigenvalue weighted by molar-refractivity contribution is 0.105. The monoisotopic (exact) mass is 171 g/mol. The third kappa shape index (κ3) is 1.33. The fraction of sp³-hybridized carbons (Fsp3) is 0.273. The molecule has 0 atom stereocenters. The Hall–Kier alpha value is -1.62. The van der Waals surface area contributed by atoms with E-state index in [1.807, 2.05) is 6.07 Å². The molecule has 1 aliphatic carbocycles. The molecular formula is C11H9NO. The van der Waals surface area contributed by atoms with Gasteiger partial charge < -0.3 is 0 Å². The number of ketones is 1. The zero-order valence-electron chi connectivity index (χ0n) is 7.21. The summed E-state index contributed by atoms with van der Waals surface area (Å²) in [6.45, 7) is 0. The van der Waals surface area contributed by atoms with Crippen molar-refractivity contribution >= 4 is 5.78 Å². The van der Waals surface area contributed by atoms with Crippen LogP contribution in [0.3, 0.4) is 0 Å². The summed E-state index contributed by atoms with van der Waals surface area (Å²) in [4.78, 5) is 15.3. The van der Waals surface area contributed by atoms with E-state index in [1.165, 1.54) is 5.56 Å². The van der Waals surface area contributed by atoms with Gasteiger partial charge in [-0.05, 0) is 36.8 Å². The highest BCUT2D eigenvalue weighted by molar-refractivity contribution is 6.07. The minimum absolute atomic E-state index is 0.324. The minimum Gasteiger partial charge on any atom is -0.277 e. The zero-order chi connectivity index (χ0) is 9.26. The van der Waals surface area contributed by atoms with Gasteiger partial charge in [0.2, 0.25) is 0 Å². The van der Waals surface area contributed by atoms with Crippen molar-refractivity contribution in [2.24, 2.45) is 0 Å². The Bertz CT molecular complexity index is 401. The van der Waals surface area contributed by atoms with Crippen LogP contribution in [0, 0.1) is 12.3 Å². The maximum Gasteiger partial charge on any atom is 0.253 e. The van der Waals surface area contributed by atoms with Crippen LogP contribution in [0.2, 0.25) is 0 Å². The number of rotatable bonds is 1. The quantitative estimate of drug-likeness (QED) is 0.363. The second-order valence-electron chi connectivity index (χ2n) is 3.13. The van der Waals surface area contributed by atoms with Gasteiger partial charge in [-0.3, -0.25) is 4.79 Å². The number of fused-ring (bicyclic) bond motifs is 1. The second-order valence-corrected chi connectivity index (χ2v) is 3.13. The average molecular weight is 171 g/mol. The van der Waals surface area contributed by atoms with E-state index in [9.17, 15) is 4.79 Å². The standard InChI is InChI=1S/C11H9NO/c1-2-11(13)10-7-6-8-4-3-5-9(8)12-10/h1,6-7H,3-5H2. The van der Waals surface area contributed by atoms with Crippen molar-refractivity contribution in [3.8, 4) is 12.3 Å². The van der Waals surface area contributed by atoms with Gasteiger partial charge in [0, 0.05) is 5.69 Å². The molecule has 13 heavy (non-hydrogen) atoms. The van der Waals surface area contributed by atoms with E-state index < -0.39 is 0 Å². The third-order valence-corrected chi connectivity index (χ3v) is 2.29. The van der Waals surface area contributed by atoms with E-state index in [4.69, 9.17) is 6.42 Å². The second kappa shape index (κ2) is 3.02. The lowest BCUT2D eigenvalue weighted by Crippen LogP contribution is -2.01. The molecule has 1 aromatic heterocycles. The van der Waals surface area contributed by atoms with Crippen LogP contribution in [-0.4, -0.2) is 10.8 Å². The first-order valence-corrected chi connectivity index (χ1v) is 4.31.